The first-order valence-corrected chi connectivity index (χ1v) is 6.34. The van der Waals surface area contributed by atoms with E-state index in [2.05, 4.69) is 0 Å². The summed E-state index contributed by atoms with van der Waals surface area (Å²) in [6.07, 6.45) is 3.55. The van der Waals surface area contributed by atoms with Crippen molar-refractivity contribution in [2.24, 2.45) is 16.6 Å². The zero-order valence-electron chi connectivity index (χ0n) is 12.0. The van der Waals surface area contributed by atoms with Crippen LogP contribution in [0.4, 0.5) is 0 Å². The first-order valence-electron chi connectivity index (χ1n) is 6.34. The smallest absolute Gasteiger partial charge is 0.253 e. The van der Waals surface area contributed by atoms with Crippen LogP contribution in [0.25, 0.3) is 0 Å². The largest absolute Gasteiger partial charge is 0.370 e. The van der Waals surface area contributed by atoms with E-state index in [0.29, 0.717) is 13.0 Å². The third-order valence-electron chi connectivity index (χ3n) is 3.10. The molecule has 1 heterocycles. The van der Waals surface area contributed by atoms with Crippen molar-refractivity contribution < 1.29 is 14.4 Å². The first kappa shape index (κ1) is 15.4. The second kappa shape index (κ2) is 5.15. The van der Waals surface area contributed by atoms with Gasteiger partial charge in [-0.1, -0.05) is 27.7 Å². The molecule has 0 aromatic carbocycles. The fourth-order valence-corrected chi connectivity index (χ4v) is 2.90. The summed E-state index contributed by atoms with van der Waals surface area (Å²) in [5, 5.41) is 0. The van der Waals surface area contributed by atoms with Crippen molar-refractivity contribution in [2.75, 3.05) is 6.54 Å². The van der Waals surface area contributed by atoms with Crippen LogP contribution in [0.3, 0.4) is 0 Å². The second-order valence-corrected chi connectivity index (χ2v) is 6.74. The number of hydrogen-bond donors (Lipinski definition) is 1. The summed E-state index contributed by atoms with van der Waals surface area (Å²) in [5.41, 5.74) is 4.71. The molecule has 5 heteroatoms. The standard InChI is InChI=1S/C14H22N2O3/c1-13(2,7-10(15)17)8-14(3,4)9-16-11(18)5-6-12(16)19/h5-6H,7-9H2,1-4H3,(H2,15,17). The number of carbonyl (C=O) groups excluding carboxylic acids is 3. The number of nitrogens with zero attached hydrogens (tertiary/aromatic N) is 1. The number of nitrogens with two attached hydrogens (primary N) is 1. The zero-order chi connectivity index (χ0) is 14.8. The molecule has 1 aliphatic heterocycles. The summed E-state index contributed by atoms with van der Waals surface area (Å²) in [7, 11) is 0. The summed E-state index contributed by atoms with van der Waals surface area (Å²) >= 11 is 0. The summed E-state index contributed by atoms with van der Waals surface area (Å²) in [5.74, 6) is -0.882. The Morgan fingerprint density at radius 1 is 1.11 bits per heavy atom. The topological polar surface area (TPSA) is 80.5 Å². The van der Waals surface area contributed by atoms with Crippen molar-refractivity contribution in [3.05, 3.63) is 12.2 Å². The first-order chi connectivity index (χ1) is 8.52. The Kier molecular flexibility index (Phi) is 4.18. The quantitative estimate of drug-likeness (QED) is 0.734. The molecule has 3 amide bonds. The molecule has 0 saturated heterocycles. The van der Waals surface area contributed by atoms with Gasteiger partial charge in [0.1, 0.15) is 0 Å². The van der Waals surface area contributed by atoms with Crippen LogP contribution in [-0.2, 0) is 14.4 Å². The highest BCUT2D eigenvalue weighted by Gasteiger charge is 2.35. The third-order valence-corrected chi connectivity index (χ3v) is 3.10. The van der Waals surface area contributed by atoms with Gasteiger partial charge >= 0.3 is 0 Å². The molecule has 0 radical (unpaired) electrons. The molecule has 0 atom stereocenters. The van der Waals surface area contributed by atoms with Crippen LogP contribution in [0, 0.1) is 10.8 Å². The van der Waals surface area contributed by atoms with Crippen molar-refractivity contribution in [2.45, 2.75) is 40.5 Å². The van der Waals surface area contributed by atoms with Crippen molar-refractivity contribution in [3.8, 4) is 0 Å². The summed E-state index contributed by atoms with van der Waals surface area (Å²) in [6, 6.07) is 0. The normalized spacial score (nSPS) is 16.3. The number of carbonyl (C=O) groups is 3. The summed E-state index contributed by atoms with van der Waals surface area (Å²) in [6.45, 7) is 8.24. The van der Waals surface area contributed by atoms with E-state index >= 15 is 0 Å². The zero-order valence-corrected chi connectivity index (χ0v) is 12.0. The van der Waals surface area contributed by atoms with Gasteiger partial charge in [-0.2, -0.15) is 0 Å². The van der Waals surface area contributed by atoms with Gasteiger partial charge in [-0.05, 0) is 17.3 Å². The van der Waals surface area contributed by atoms with E-state index in [9.17, 15) is 14.4 Å². The van der Waals surface area contributed by atoms with Gasteiger partial charge < -0.3 is 5.73 Å². The van der Waals surface area contributed by atoms with Crippen LogP contribution in [0.5, 0.6) is 0 Å². The van der Waals surface area contributed by atoms with Crippen molar-refractivity contribution in [1.29, 1.82) is 0 Å². The molecule has 1 aliphatic rings. The molecule has 0 saturated carbocycles. The SMILES string of the molecule is CC(C)(CC(N)=O)CC(C)(C)CN1C(=O)C=CC1=O. The molecule has 0 spiro atoms. The molecule has 0 aliphatic carbocycles. The van der Waals surface area contributed by atoms with Gasteiger partial charge in [0.25, 0.3) is 11.8 Å². The third kappa shape index (κ3) is 4.50. The van der Waals surface area contributed by atoms with Crippen molar-refractivity contribution in [3.63, 3.8) is 0 Å². The molecule has 0 aromatic rings. The Balaban J connectivity index is 2.68. The number of hydrogen-bond acceptors (Lipinski definition) is 3. The van der Waals surface area contributed by atoms with Crippen LogP contribution in [0.2, 0.25) is 0 Å². The predicted octanol–water partition coefficient (Wildman–Crippen LogP) is 1.23. The van der Waals surface area contributed by atoms with Gasteiger partial charge in [0, 0.05) is 25.1 Å². The van der Waals surface area contributed by atoms with Gasteiger partial charge in [-0.25, -0.2) is 0 Å². The number of rotatable bonds is 6. The molecule has 1 rings (SSSR count). The molecule has 5 nitrogen and oxygen atoms in total. The van der Waals surface area contributed by atoms with Gasteiger partial charge in [-0.3, -0.25) is 19.3 Å². The van der Waals surface area contributed by atoms with Gasteiger partial charge in [0.05, 0.1) is 0 Å². The van der Waals surface area contributed by atoms with Gasteiger partial charge in [0.2, 0.25) is 5.91 Å². The molecule has 106 valence electrons. The highest BCUT2D eigenvalue weighted by molar-refractivity contribution is 6.12. The lowest BCUT2D eigenvalue weighted by Gasteiger charge is -2.36. The van der Waals surface area contributed by atoms with E-state index in [4.69, 9.17) is 5.73 Å². The van der Waals surface area contributed by atoms with Crippen LogP contribution in [0.15, 0.2) is 12.2 Å². The Labute approximate surface area is 113 Å². The maximum Gasteiger partial charge on any atom is 0.253 e. The lowest BCUT2D eigenvalue weighted by molar-refractivity contribution is -0.139. The molecular formula is C14H22N2O3. The van der Waals surface area contributed by atoms with E-state index in [1.54, 1.807) is 0 Å². The van der Waals surface area contributed by atoms with Gasteiger partial charge in [0.15, 0.2) is 0 Å². The number of primary amides is 1. The number of amides is 3. The highest BCUT2D eigenvalue weighted by Crippen LogP contribution is 2.37. The highest BCUT2D eigenvalue weighted by atomic mass is 16.2. The van der Waals surface area contributed by atoms with Crippen LogP contribution >= 0.6 is 0 Å². The van der Waals surface area contributed by atoms with Crippen LogP contribution in [0.1, 0.15) is 40.5 Å². The van der Waals surface area contributed by atoms with E-state index < -0.39 is 0 Å². The summed E-state index contributed by atoms with van der Waals surface area (Å²) < 4.78 is 0. The monoisotopic (exact) mass is 266 g/mol. The molecule has 0 aromatic heterocycles. The van der Waals surface area contributed by atoms with E-state index in [-0.39, 0.29) is 35.0 Å². The lowest BCUT2D eigenvalue weighted by atomic mass is 9.73. The fourth-order valence-electron chi connectivity index (χ4n) is 2.90. The Hall–Kier alpha value is -1.65. The minimum Gasteiger partial charge on any atom is -0.370 e. The Morgan fingerprint density at radius 3 is 2.00 bits per heavy atom. The average molecular weight is 266 g/mol. The van der Waals surface area contributed by atoms with Crippen molar-refractivity contribution >= 4 is 17.7 Å². The molecular weight excluding hydrogens is 244 g/mol. The molecule has 2 N–H and O–H groups in total. The van der Waals surface area contributed by atoms with E-state index in [1.165, 1.54) is 17.1 Å². The Morgan fingerprint density at radius 2 is 1.58 bits per heavy atom. The molecule has 19 heavy (non-hydrogen) atoms. The van der Waals surface area contributed by atoms with Crippen molar-refractivity contribution in [1.82, 2.24) is 4.90 Å². The molecule has 0 unspecified atom stereocenters. The fraction of sp³-hybridized carbons (Fsp3) is 0.643. The second-order valence-electron chi connectivity index (χ2n) is 6.74. The molecule has 0 bridgehead atoms. The number of imide groups is 1. The minimum atomic E-state index is -0.337. The van der Waals surface area contributed by atoms with E-state index in [1.807, 2.05) is 27.7 Å². The minimum absolute atomic E-state index is 0.255. The molecule has 0 fully saturated rings. The lowest BCUT2D eigenvalue weighted by Crippen LogP contribution is -2.40. The maximum atomic E-state index is 11.5. The predicted molar refractivity (Wildman–Crippen MR) is 71.9 cm³/mol. The van der Waals surface area contributed by atoms with Crippen LogP contribution in [-0.4, -0.2) is 29.2 Å². The summed E-state index contributed by atoms with van der Waals surface area (Å²) in [4.78, 5) is 35.4. The van der Waals surface area contributed by atoms with Gasteiger partial charge in [-0.15, -0.1) is 0 Å². The van der Waals surface area contributed by atoms with Crippen LogP contribution < -0.4 is 5.73 Å². The Bertz CT molecular complexity index is 418. The average Bonchev–Trinajstić information content (AvgIpc) is 2.44. The van der Waals surface area contributed by atoms with E-state index in [0.717, 1.165) is 0 Å². The maximum absolute atomic E-state index is 11.5.